The number of benzene rings is 2. The van der Waals surface area contributed by atoms with Crippen molar-refractivity contribution in [1.29, 1.82) is 0 Å². The molecule has 32 heavy (non-hydrogen) atoms. The van der Waals surface area contributed by atoms with E-state index in [9.17, 15) is 9.59 Å². The number of urea groups is 1. The topological polar surface area (TPSA) is 92.3 Å². The Morgan fingerprint density at radius 3 is 2.59 bits per heavy atom. The molecule has 2 aromatic carbocycles. The number of hydrogen-bond acceptors (Lipinski definition) is 6. The second-order valence-corrected chi connectivity index (χ2v) is 7.58. The first-order valence-electron chi connectivity index (χ1n) is 10.5. The average molecular weight is 434 g/mol. The van der Waals surface area contributed by atoms with Crippen LogP contribution in [0.2, 0.25) is 0 Å². The Bertz CT molecular complexity index is 1050. The van der Waals surface area contributed by atoms with Crippen molar-refractivity contribution in [2.24, 2.45) is 5.10 Å². The summed E-state index contributed by atoms with van der Waals surface area (Å²) in [5, 5.41) is 12.2. The molecule has 166 valence electrons. The van der Waals surface area contributed by atoms with E-state index in [1.165, 1.54) is 0 Å². The van der Waals surface area contributed by atoms with Crippen molar-refractivity contribution in [3.8, 4) is 0 Å². The van der Waals surface area contributed by atoms with Crippen molar-refractivity contribution < 1.29 is 19.1 Å². The van der Waals surface area contributed by atoms with Gasteiger partial charge in [0.15, 0.2) is 0 Å². The Hall–Kier alpha value is -3.65. The number of methoxy groups -OCH3 is 1. The van der Waals surface area contributed by atoms with Crippen LogP contribution in [0.3, 0.4) is 0 Å². The monoisotopic (exact) mass is 434 g/mol. The third-order valence-corrected chi connectivity index (χ3v) is 5.44. The van der Waals surface area contributed by atoms with Crippen molar-refractivity contribution >= 4 is 23.4 Å². The molecule has 0 saturated heterocycles. The van der Waals surface area contributed by atoms with Crippen molar-refractivity contribution in [2.45, 2.75) is 19.4 Å². The van der Waals surface area contributed by atoms with Crippen LogP contribution in [-0.4, -0.2) is 44.6 Å². The average Bonchev–Trinajstić information content (AvgIpc) is 3.30. The van der Waals surface area contributed by atoms with Gasteiger partial charge in [0.05, 0.1) is 29.6 Å². The van der Waals surface area contributed by atoms with Gasteiger partial charge in [-0.1, -0.05) is 42.5 Å². The van der Waals surface area contributed by atoms with Gasteiger partial charge in [-0.2, -0.15) is 5.10 Å². The molecule has 4 rings (SSSR count). The number of hydrazone groups is 1. The highest BCUT2D eigenvalue weighted by Gasteiger charge is 2.32. The molecule has 1 atom stereocenters. The molecule has 8 nitrogen and oxygen atoms in total. The van der Waals surface area contributed by atoms with E-state index in [-0.39, 0.29) is 12.6 Å². The zero-order chi connectivity index (χ0) is 22.5. The number of carbonyl (C=O) groups excluding carboxylic acids is 2. The molecule has 2 aromatic rings. The highest BCUT2D eigenvalue weighted by atomic mass is 16.6. The molecular formula is C24H26N4O4. The molecule has 0 spiro atoms. The van der Waals surface area contributed by atoms with Gasteiger partial charge in [-0.05, 0) is 30.2 Å². The maximum atomic E-state index is 12.7. The van der Waals surface area contributed by atoms with Gasteiger partial charge in [0.2, 0.25) is 0 Å². The van der Waals surface area contributed by atoms with E-state index in [1.54, 1.807) is 14.0 Å². The fourth-order valence-corrected chi connectivity index (χ4v) is 3.83. The number of anilines is 1. The van der Waals surface area contributed by atoms with Crippen molar-refractivity contribution in [2.75, 3.05) is 31.9 Å². The fraction of sp³-hybridized carbons (Fsp3) is 0.292. The molecule has 0 unspecified atom stereocenters. The lowest BCUT2D eigenvalue weighted by atomic mass is 9.95. The van der Waals surface area contributed by atoms with Crippen molar-refractivity contribution in [3.63, 3.8) is 0 Å². The van der Waals surface area contributed by atoms with E-state index in [1.807, 2.05) is 47.5 Å². The van der Waals surface area contributed by atoms with Crippen LogP contribution >= 0.6 is 0 Å². The summed E-state index contributed by atoms with van der Waals surface area (Å²) in [6.45, 7) is 2.93. The van der Waals surface area contributed by atoms with Gasteiger partial charge >= 0.3 is 12.0 Å². The summed E-state index contributed by atoms with van der Waals surface area (Å²) >= 11 is 0. The van der Waals surface area contributed by atoms with Gasteiger partial charge in [-0.3, -0.25) is 5.01 Å². The van der Waals surface area contributed by atoms with Gasteiger partial charge in [0.1, 0.15) is 6.61 Å². The van der Waals surface area contributed by atoms with Crippen molar-refractivity contribution in [3.05, 3.63) is 77.0 Å². The van der Waals surface area contributed by atoms with E-state index in [0.29, 0.717) is 17.9 Å². The Kier molecular flexibility index (Phi) is 6.51. The summed E-state index contributed by atoms with van der Waals surface area (Å²) in [4.78, 5) is 24.7. The van der Waals surface area contributed by atoms with Crippen LogP contribution < -0.4 is 15.6 Å². The standard InChI is InChI=1S/C24H26N4O4/c1-16-21(23(29)32-15-14-31-2)22(26-24(30)25-16)18-8-10-19(11-9-18)28-13-12-20(27-28)17-6-4-3-5-7-17/h3-11,22H,12-15H2,1-2H3,(H2,25,26,30)/t22-/m0/s1. The summed E-state index contributed by atoms with van der Waals surface area (Å²) in [5.41, 5.74) is 4.76. The second kappa shape index (κ2) is 9.65. The molecule has 0 aromatic heterocycles. The normalized spacial score (nSPS) is 18.2. The van der Waals surface area contributed by atoms with E-state index < -0.39 is 12.0 Å². The molecule has 0 radical (unpaired) electrons. The summed E-state index contributed by atoms with van der Waals surface area (Å²) < 4.78 is 10.2. The summed E-state index contributed by atoms with van der Waals surface area (Å²) in [6.07, 6.45) is 0.871. The van der Waals surface area contributed by atoms with Gasteiger partial charge in [-0.15, -0.1) is 0 Å². The quantitative estimate of drug-likeness (QED) is 0.516. The largest absolute Gasteiger partial charge is 0.460 e. The number of rotatable bonds is 7. The van der Waals surface area contributed by atoms with Crippen LogP contribution in [0, 0.1) is 0 Å². The fourth-order valence-electron chi connectivity index (χ4n) is 3.83. The molecule has 0 saturated carbocycles. The highest BCUT2D eigenvalue weighted by Crippen LogP contribution is 2.30. The number of carbonyl (C=O) groups is 2. The first-order chi connectivity index (χ1) is 15.6. The molecule has 0 fully saturated rings. The number of esters is 1. The smallest absolute Gasteiger partial charge is 0.338 e. The molecule has 2 aliphatic rings. The first-order valence-corrected chi connectivity index (χ1v) is 10.5. The van der Waals surface area contributed by atoms with Crippen LogP contribution in [-0.2, 0) is 14.3 Å². The summed E-state index contributed by atoms with van der Waals surface area (Å²) in [7, 11) is 1.54. The molecule has 8 heteroatoms. The number of nitrogens with one attached hydrogen (secondary N) is 2. The Morgan fingerprint density at radius 2 is 1.88 bits per heavy atom. The number of amides is 2. The maximum Gasteiger partial charge on any atom is 0.338 e. The second-order valence-electron chi connectivity index (χ2n) is 7.58. The minimum Gasteiger partial charge on any atom is -0.460 e. The highest BCUT2D eigenvalue weighted by molar-refractivity contribution is 6.02. The van der Waals surface area contributed by atoms with Crippen LogP contribution in [0.4, 0.5) is 10.5 Å². The molecular weight excluding hydrogens is 408 g/mol. The lowest BCUT2D eigenvalue weighted by molar-refractivity contribution is -0.140. The van der Waals surface area contributed by atoms with Gasteiger partial charge in [0.25, 0.3) is 0 Å². The number of ether oxygens (including phenoxy) is 2. The predicted octanol–water partition coefficient (Wildman–Crippen LogP) is 3.12. The lowest BCUT2D eigenvalue weighted by Gasteiger charge is -2.28. The van der Waals surface area contributed by atoms with E-state index in [4.69, 9.17) is 14.6 Å². The minimum absolute atomic E-state index is 0.141. The molecule has 0 bridgehead atoms. The van der Waals surface area contributed by atoms with Crippen LogP contribution in [0.25, 0.3) is 0 Å². The Morgan fingerprint density at radius 1 is 1.12 bits per heavy atom. The molecule has 2 heterocycles. The maximum absolute atomic E-state index is 12.7. The van der Waals surface area contributed by atoms with E-state index in [0.717, 1.165) is 35.5 Å². The zero-order valence-electron chi connectivity index (χ0n) is 18.1. The first kappa shape index (κ1) is 21.6. The third-order valence-electron chi connectivity index (χ3n) is 5.44. The zero-order valence-corrected chi connectivity index (χ0v) is 18.1. The van der Waals surface area contributed by atoms with Gasteiger partial charge in [-0.25, -0.2) is 9.59 Å². The predicted molar refractivity (Wildman–Crippen MR) is 121 cm³/mol. The van der Waals surface area contributed by atoms with Crippen LogP contribution in [0.15, 0.2) is 71.0 Å². The van der Waals surface area contributed by atoms with Crippen LogP contribution in [0.1, 0.15) is 30.5 Å². The Labute approximate surface area is 186 Å². The summed E-state index contributed by atoms with van der Waals surface area (Å²) in [5.74, 6) is -0.488. The van der Waals surface area contributed by atoms with Crippen LogP contribution in [0.5, 0.6) is 0 Å². The number of hydrogen-bond donors (Lipinski definition) is 2. The molecule has 0 aliphatic carbocycles. The van der Waals surface area contributed by atoms with E-state index in [2.05, 4.69) is 22.8 Å². The molecule has 2 N–H and O–H groups in total. The minimum atomic E-state index is -0.602. The molecule has 2 amide bonds. The SMILES string of the molecule is COCCOC(=O)C1=C(C)NC(=O)N[C@H]1c1ccc(N2CCC(c3ccccc3)=N2)cc1. The van der Waals surface area contributed by atoms with Gasteiger partial charge in [0, 0.05) is 25.8 Å². The number of nitrogens with zero attached hydrogens (tertiary/aromatic N) is 2. The van der Waals surface area contributed by atoms with E-state index >= 15 is 0 Å². The number of allylic oxidation sites excluding steroid dienone is 1. The third kappa shape index (κ3) is 4.65. The Balaban J connectivity index is 1.53. The molecule has 2 aliphatic heterocycles. The lowest BCUT2D eigenvalue weighted by Crippen LogP contribution is -2.45. The van der Waals surface area contributed by atoms with Gasteiger partial charge < -0.3 is 20.1 Å². The van der Waals surface area contributed by atoms with Crippen molar-refractivity contribution in [1.82, 2.24) is 10.6 Å². The summed E-state index contributed by atoms with van der Waals surface area (Å²) in [6, 6.07) is 16.9.